The second kappa shape index (κ2) is 6.14. The van der Waals surface area contributed by atoms with Gasteiger partial charge in [-0.3, -0.25) is 4.98 Å². The molecule has 0 aliphatic heterocycles. The number of halogens is 1. The van der Waals surface area contributed by atoms with Crippen molar-refractivity contribution >= 4 is 32.4 Å². The number of fused-ring (bicyclic) bond motifs is 1. The predicted octanol–water partition coefficient (Wildman–Crippen LogP) is 4.62. The van der Waals surface area contributed by atoms with Crippen molar-refractivity contribution in [3.8, 4) is 5.75 Å². The number of pyridine rings is 1. The van der Waals surface area contributed by atoms with E-state index in [1.54, 1.807) is 7.11 Å². The van der Waals surface area contributed by atoms with Crippen LogP contribution in [0.5, 0.6) is 5.75 Å². The molecular formula is C17H15BrN2O. The molecule has 2 aromatic carbocycles. The predicted molar refractivity (Wildman–Crippen MR) is 89.8 cm³/mol. The topological polar surface area (TPSA) is 34.1 Å². The largest absolute Gasteiger partial charge is 0.496 e. The van der Waals surface area contributed by atoms with Gasteiger partial charge in [0.05, 0.1) is 11.6 Å². The fraction of sp³-hybridized carbons (Fsp3) is 0.118. The van der Waals surface area contributed by atoms with E-state index in [0.29, 0.717) is 0 Å². The van der Waals surface area contributed by atoms with Crippen LogP contribution in [0.15, 0.2) is 59.3 Å². The molecule has 0 aliphatic carbocycles. The Labute approximate surface area is 132 Å². The van der Waals surface area contributed by atoms with Crippen molar-refractivity contribution in [3.05, 3.63) is 64.9 Å². The number of rotatable bonds is 4. The standard InChI is InChI=1S/C17H15BrN2O/c1-21-17-5-4-15(9-16(17)18)20-10-12-2-3-14-11-19-7-6-13(14)8-12/h2-9,11,20H,10H2,1H3. The summed E-state index contributed by atoms with van der Waals surface area (Å²) in [5.74, 6) is 0.832. The first kappa shape index (κ1) is 13.9. The van der Waals surface area contributed by atoms with Crippen molar-refractivity contribution < 1.29 is 4.74 Å². The zero-order valence-electron chi connectivity index (χ0n) is 11.6. The molecule has 106 valence electrons. The lowest BCUT2D eigenvalue weighted by Crippen LogP contribution is -1.99. The van der Waals surface area contributed by atoms with E-state index in [4.69, 9.17) is 4.74 Å². The summed E-state index contributed by atoms with van der Waals surface area (Å²) in [7, 11) is 1.66. The number of nitrogens with zero attached hydrogens (tertiary/aromatic N) is 1. The van der Waals surface area contributed by atoms with E-state index >= 15 is 0 Å². The van der Waals surface area contributed by atoms with Gasteiger partial charge in [-0.25, -0.2) is 0 Å². The highest BCUT2D eigenvalue weighted by Gasteiger charge is 2.02. The second-order valence-corrected chi connectivity index (χ2v) is 5.61. The third-order valence-electron chi connectivity index (χ3n) is 3.35. The Bertz CT molecular complexity index is 774. The van der Waals surface area contributed by atoms with E-state index in [-0.39, 0.29) is 0 Å². The van der Waals surface area contributed by atoms with Crippen molar-refractivity contribution in [3.63, 3.8) is 0 Å². The van der Waals surface area contributed by atoms with Crippen molar-refractivity contribution in [2.45, 2.75) is 6.54 Å². The number of hydrogen-bond donors (Lipinski definition) is 1. The van der Waals surface area contributed by atoms with Gasteiger partial charge in [0.1, 0.15) is 5.75 Å². The molecule has 0 radical (unpaired) electrons. The maximum absolute atomic E-state index is 5.23. The first-order chi connectivity index (χ1) is 10.3. The van der Waals surface area contributed by atoms with Crippen LogP contribution in [0.1, 0.15) is 5.56 Å². The molecule has 1 aromatic heterocycles. The van der Waals surface area contributed by atoms with E-state index in [0.717, 1.165) is 27.8 Å². The van der Waals surface area contributed by atoms with Gasteiger partial charge in [0.2, 0.25) is 0 Å². The van der Waals surface area contributed by atoms with Crippen LogP contribution in [-0.2, 0) is 6.54 Å². The fourth-order valence-electron chi connectivity index (χ4n) is 2.22. The van der Waals surface area contributed by atoms with E-state index in [2.05, 4.69) is 44.4 Å². The second-order valence-electron chi connectivity index (χ2n) is 4.76. The van der Waals surface area contributed by atoms with Gasteiger partial charge in [0.25, 0.3) is 0 Å². The molecule has 1 heterocycles. The maximum atomic E-state index is 5.23. The van der Waals surface area contributed by atoms with Crippen LogP contribution in [0.3, 0.4) is 0 Å². The first-order valence-corrected chi connectivity index (χ1v) is 7.45. The highest BCUT2D eigenvalue weighted by molar-refractivity contribution is 9.10. The van der Waals surface area contributed by atoms with Crippen LogP contribution in [0, 0.1) is 0 Å². The van der Waals surface area contributed by atoms with Crippen LogP contribution in [-0.4, -0.2) is 12.1 Å². The highest BCUT2D eigenvalue weighted by Crippen LogP contribution is 2.28. The minimum atomic E-state index is 0.775. The Kier molecular flexibility index (Phi) is 4.06. The van der Waals surface area contributed by atoms with Crippen LogP contribution in [0.4, 0.5) is 5.69 Å². The monoisotopic (exact) mass is 342 g/mol. The lowest BCUT2D eigenvalue weighted by molar-refractivity contribution is 0.412. The van der Waals surface area contributed by atoms with E-state index in [1.807, 2.05) is 36.7 Å². The van der Waals surface area contributed by atoms with Gasteiger partial charge >= 0.3 is 0 Å². The van der Waals surface area contributed by atoms with E-state index < -0.39 is 0 Å². The molecule has 0 unspecified atom stereocenters. The highest BCUT2D eigenvalue weighted by atomic mass is 79.9. The molecule has 1 N–H and O–H groups in total. The van der Waals surface area contributed by atoms with Crippen molar-refractivity contribution in [1.29, 1.82) is 0 Å². The molecule has 0 saturated heterocycles. The van der Waals surface area contributed by atoms with Crippen molar-refractivity contribution in [2.24, 2.45) is 0 Å². The molecule has 3 rings (SSSR count). The lowest BCUT2D eigenvalue weighted by atomic mass is 10.1. The number of hydrogen-bond acceptors (Lipinski definition) is 3. The lowest BCUT2D eigenvalue weighted by Gasteiger charge is -2.10. The van der Waals surface area contributed by atoms with E-state index in [9.17, 15) is 0 Å². The summed E-state index contributed by atoms with van der Waals surface area (Å²) < 4.78 is 6.17. The summed E-state index contributed by atoms with van der Waals surface area (Å²) in [6, 6.07) is 14.4. The molecule has 3 nitrogen and oxygen atoms in total. The molecule has 0 bridgehead atoms. The third kappa shape index (κ3) is 3.16. The Morgan fingerprint density at radius 2 is 2.00 bits per heavy atom. The number of ether oxygens (including phenoxy) is 1. The normalized spacial score (nSPS) is 10.6. The molecule has 3 aromatic rings. The van der Waals surface area contributed by atoms with Gasteiger partial charge in [-0.1, -0.05) is 12.1 Å². The van der Waals surface area contributed by atoms with Crippen molar-refractivity contribution in [2.75, 3.05) is 12.4 Å². The number of anilines is 1. The average Bonchev–Trinajstić information content (AvgIpc) is 2.53. The summed E-state index contributed by atoms with van der Waals surface area (Å²) >= 11 is 3.49. The smallest absolute Gasteiger partial charge is 0.133 e. The van der Waals surface area contributed by atoms with Crippen LogP contribution < -0.4 is 10.1 Å². The minimum Gasteiger partial charge on any atom is -0.496 e. The first-order valence-electron chi connectivity index (χ1n) is 6.66. The molecule has 21 heavy (non-hydrogen) atoms. The quantitative estimate of drug-likeness (QED) is 0.751. The van der Waals surface area contributed by atoms with Gasteiger partial charge in [0.15, 0.2) is 0 Å². The van der Waals surface area contributed by atoms with Crippen LogP contribution in [0.25, 0.3) is 10.8 Å². The van der Waals surface area contributed by atoms with Gasteiger partial charge in [0, 0.05) is 30.0 Å². The van der Waals surface area contributed by atoms with Crippen LogP contribution >= 0.6 is 15.9 Å². The Hall–Kier alpha value is -2.07. The number of benzene rings is 2. The summed E-state index contributed by atoms with van der Waals surface area (Å²) in [5, 5.41) is 5.79. The average molecular weight is 343 g/mol. The summed E-state index contributed by atoms with van der Waals surface area (Å²) in [6.45, 7) is 0.775. The van der Waals surface area contributed by atoms with Gasteiger partial charge in [-0.05, 0) is 57.2 Å². The molecule has 0 aliphatic rings. The van der Waals surface area contributed by atoms with Crippen LogP contribution in [0.2, 0.25) is 0 Å². The fourth-order valence-corrected chi connectivity index (χ4v) is 2.76. The minimum absolute atomic E-state index is 0.775. The summed E-state index contributed by atoms with van der Waals surface area (Å²) in [4.78, 5) is 4.13. The Morgan fingerprint density at radius 1 is 1.10 bits per heavy atom. The maximum Gasteiger partial charge on any atom is 0.133 e. The third-order valence-corrected chi connectivity index (χ3v) is 3.97. The molecule has 0 fully saturated rings. The summed E-state index contributed by atoms with van der Waals surface area (Å²) in [5.41, 5.74) is 2.29. The van der Waals surface area contributed by atoms with E-state index in [1.165, 1.54) is 10.9 Å². The number of methoxy groups -OCH3 is 1. The summed E-state index contributed by atoms with van der Waals surface area (Å²) in [6.07, 6.45) is 3.70. The zero-order valence-corrected chi connectivity index (χ0v) is 13.2. The van der Waals surface area contributed by atoms with Gasteiger partial charge in [-0.15, -0.1) is 0 Å². The molecule has 4 heteroatoms. The Morgan fingerprint density at radius 3 is 2.81 bits per heavy atom. The molecular weight excluding hydrogens is 328 g/mol. The SMILES string of the molecule is COc1ccc(NCc2ccc3cnccc3c2)cc1Br. The van der Waals surface area contributed by atoms with Gasteiger partial charge in [-0.2, -0.15) is 0 Å². The van der Waals surface area contributed by atoms with Crippen molar-refractivity contribution in [1.82, 2.24) is 4.98 Å². The Balaban J connectivity index is 1.75. The molecule has 0 atom stereocenters. The van der Waals surface area contributed by atoms with Gasteiger partial charge < -0.3 is 10.1 Å². The number of nitrogens with one attached hydrogen (secondary N) is 1. The molecule has 0 amide bonds. The zero-order chi connectivity index (χ0) is 14.7. The number of aromatic nitrogens is 1. The molecule has 0 saturated carbocycles. The molecule has 0 spiro atoms.